The zero-order chi connectivity index (χ0) is 20.5. The van der Waals surface area contributed by atoms with Crippen LogP contribution in [0.15, 0.2) is 47.3 Å². The third-order valence-electron chi connectivity index (χ3n) is 5.43. The van der Waals surface area contributed by atoms with E-state index in [0.29, 0.717) is 29.7 Å². The van der Waals surface area contributed by atoms with Crippen LogP contribution in [0.4, 0.5) is 0 Å². The van der Waals surface area contributed by atoms with Crippen LogP contribution in [-0.4, -0.2) is 23.1 Å². The molecule has 1 aromatic carbocycles. The fraction of sp³-hybridized carbons (Fsp3) is 0.304. The number of aliphatic hydroxyl groups is 1. The summed E-state index contributed by atoms with van der Waals surface area (Å²) in [5.41, 5.74) is 3.06. The highest BCUT2D eigenvalue weighted by Crippen LogP contribution is 2.35. The standard InChI is InChI=1S/C23H25NO4/c1-5-23(27,14-25)20-11-21-16(3)18(10-17-9-7-6-8-15(17)2)12-24(21)22(26)19(20)13-28-4/h6-11,14,27H,3,5,12-13H2,1-2,4H3/b18-10-. The number of nitrogens with zero attached hydrogens (tertiary/aromatic N) is 1. The number of aryl methyl sites for hydroxylation is 1. The number of ether oxygens (including phenoxy) is 1. The normalized spacial score (nSPS) is 16.9. The molecule has 0 bridgehead atoms. The Labute approximate surface area is 164 Å². The van der Waals surface area contributed by atoms with Gasteiger partial charge in [0.05, 0.1) is 18.8 Å². The summed E-state index contributed by atoms with van der Waals surface area (Å²) in [5, 5.41) is 10.8. The number of rotatable bonds is 6. The number of allylic oxidation sites excluding steroid dienone is 2. The van der Waals surface area contributed by atoms with Crippen LogP contribution in [0.3, 0.4) is 0 Å². The van der Waals surface area contributed by atoms with Crippen molar-refractivity contribution >= 4 is 17.9 Å². The van der Waals surface area contributed by atoms with Crippen LogP contribution in [-0.2, 0) is 28.3 Å². The Hall–Kier alpha value is -2.76. The molecule has 0 aliphatic carbocycles. The van der Waals surface area contributed by atoms with Crippen molar-refractivity contribution in [1.82, 2.24) is 4.57 Å². The minimum atomic E-state index is -1.73. The van der Waals surface area contributed by atoms with Gasteiger partial charge < -0.3 is 14.4 Å². The van der Waals surface area contributed by atoms with Gasteiger partial charge in [-0.3, -0.25) is 9.59 Å². The number of benzene rings is 1. The monoisotopic (exact) mass is 379 g/mol. The van der Waals surface area contributed by atoms with Gasteiger partial charge in [0.2, 0.25) is 0 Å². The Balaban J connectivity index is 2.18. The van der Waals surface area contributed by atoms with Crippen molar-refractivity contribution in [2.75, 3.05) is 7.11 Å². The number of carbonyl (C=O) groups is 1. The molecule has 5 heteroatoms. The van der Waals surface area contributed by atoms with Gasteiger partial charge in [0.15, 0.2) is 6.29 Å². The van der Waals surface area contributed by atoms with Gasteiger partial charge >= 0.3 is 0 Å². The largest absolute Gasteiger partial charge is 0.380 e. The Morgan fingerprint density at radius 1 is 1.36 bits per heavy atom. The number of carbonyl (C=O) groups excluding carboxylic acids is 1. The van der Waals surface area contributed by atoms with Crippen molar-refractivity contribution in [3.05, 3.63) is 80.8 Å². The molecule has 1 aliphatic heterocycles. The molecular weight excluding hydrogens is 354 g/mol. The van der Waals surface area contributed by atoms with E-state index in [0.717, 1.165) is 22.3 Å². The van der Waals surface area contributed by atoms with Crippen LogP contribution in [0.1, 0.15) is 41.3 Å². The van der Waals surface area contributed by atoms with E-state index in [1.54, 1.807) is 17.6 Å². The molecule has 2 heterocycles. The van der Waals surface area contributed by atoms with E-state index >= 15 is 0 Å². The molecule has 0 radical (unpaired) electrons. The fourth-order valence-electron chi connectivity index (χ4n) is 3.60. The van der Waals surface area contributed by atoms with E-state index in [-0.39, 0.29) is 18.6 Å². The minimum Gasteiger partial charge on any atom is -0.380 e. The van der Waals surface area contributed by atoms with Crippen molar-refractivity contribution < 1.29 is 14.6 Å². The predicted molar refractivity (Wildman–Crippen MR) is 110 cm³/mol. The molecule has 1 aromatic heterocycles. The second kappa shape index (κ2) is 7.70. The van der Waals surface area contributed by atoms with Gasteiger partial charge in [-0.25, -0.2) is 0 Å². The van der Waals surface area contributed by atoms with Crippen molar-refractivity contribution in [2.24, 2.45) is 0 Å². The van der Waals surface area contributed by atoms with E-state index < -0.39 is 5.60 Å². The Kier molecular flexibility index (Phi) is 5.49. The highest BCUT2D eigenvalue weighted by atomic mass is 16.5. The number of hydrogen-bond acceptors (Lipinski definition) is 4. The third kappa shape index (κ3) is 3.28. The molecule has 3 rings (SSSR count). The summed E-state index contributed by atoms with van der Waals surface area (Å²) in [6.07, 6.45) is 2.68. The van der Waals surface area contributed by atoms with Crippen LogP contribution in [0.25, 0.3) is 11.6 Å². The van der Waals surface area contributed by atoms with E-state index in [9.17, 15) is 14.7 Å². The van der Waals surface area contributed by atoms with E-state index in [2.05, 4.69) is 6.58 Å². The summed E-state index contributed by atoms with van der Waals surface area (Å²) in [5.74, 6) is 0. The lowest BCUT2D eigenvalue weighted by molar-refractivity contribution is -0.125. The summed E-state index contributed by atoms with van der Waals surface area (Å²) in [6.45, 7) is 8.31. The zero-order valence-electron chi connectivity index (χ0n) is 16.5. The summed E-state index contributed by atoms with van der Waals surface area (Å²) >= 11 is 0. The minimum absolute atomic E-state index is 0.0217. The summed E-state index contributed by atoms with van der Waals surface area (Å²) in [6, 6.07) is 9.70. The van der Waals surface area contributed by atoms with Crippen molar-refractivity contribution in [3.63, 3.8) is 0 Å². The average Bonchev–Trinajstić information content (AvgIpc) is 3.01. The molecule has 146 valence electrons. The van der Waals surface area contributed by atoms with E-state index in [1.807, 2.05) is 37.3 Å². The van der Waals surface area contributed by atoms with Gasteiger partial charge in [-0.05, 0) is 47.8 Å². The Morgan fingerprint density at radius 3 is 2.68 bits per heavy atom. The summed E-state index contributed by atoms with van der Waals surface area (Å²) in [4.78, 5) is 24.8. The van der Waals surface area contributed by atoms with E-state index in [1.165, 1.54) is 7.11 Å². The molecule has 5 nitrogen and oxygen atoms in total. The highest BCUT2D eigenvalue weighted by Gasteiger charge is 2.34. The quantitative estimate of drug-likeness (QED) is 0.783. The lowest BCUT2D eigenvalue weighted by Gasteiger charge is -2.24. The SMILES string of the molecule is C=C1/C(=C\c2ccccc2C)Cn2c1cc(C(O)(C=O)CC)c(COC)c2=O. The van der Waals surface area contributed by atoms with Crippen LogP contribution >= 0.6 is 0 Å². The summed E-state index contributed by atoms with van der Waals surface area (Å²) < 4.78 is 6.81. The predicted octanol–water partition coefficient (Wildman–Crippen LogP) is 3.21. The van der Waals surface area contributed by atoms with Crippen LogP contribution in [0.2, 0.25) is 0 Å². The number of aldehydes is 1. The van der Waals surface area contributed by atoms with Gasteiger partial charge in [0.1, 0.15) is 5.60 Å². The van der Waals surface area contributed by atoms with Crippen LogP contribution in [0.5, 0.6) is 0 Å². The second-order valence-corrected chi connectivity index (χ2v) is 7.15. The molecule has 28 heavy (non-hydrogen) atoms. The highest BCUT2D eigenvalue weighted by molar-refractivity contribution is 5.85. The number of fused-ring (bicyclic) bond motifs is 1. The third-order valence-corrected chi connectivity index (χ3v) is 5.43. The number of pyridine rings is 1. The summed E-state index contributed by atoms with van der Waals surface area (Å²) in [7, 11) is 1.48. The van der Waals surface area contributed by atoms with Crippen molar-refractivity contribution in [2.45, 2.75) is 39.0 Å². The van der Waals surface area contributed by atoms with Gasteiger partial charge in [0.25, 0.3) is 5.56 Å². The molecule has 0 fully saturated rings. The maximum absolute atomic E-state index is 13.1. The topological polar surface area (TPSA) is 68.5 Å². The molecular formula is C23H25NO4. The molecule has 0 spiro atoms. The first kappa shape index (κ1) is 20.0. The molecule has 1 unspecified atom stereocenters. The van der Waals surface area contributed by atoms with Gasteiger partial charge in [-0.15, -0.1) is 0 Å². The van der Waals surface area contributed by atoms with Crippen molar-refractivity contribution in [3.8, 4) is 0 Å². The van der Waals surface area contributed by atoms with Crippen LogP contribution in [0, 0.1) is 6.92 Å². The molecule has 1 N–H and O–H groups in total. The first-order chi connectivity index (χ1) is 13.4. The molecule has 1 aliphatic rings. The molecule has 0 saturated carbocycles. The maximum atomic E-state index is 13.1. The lowest BCUT2D eigenvalue weighted by atomic mass is 9.88. The smallest absolute Gasteiger partial charge is 0.257 e. The first-order valence-corrected chi connectivity index (χ1v) is 9.27. The number of methoxy groups -OCH3 is 1. The Bertz CT molecular complexity index is 1030. The number of hydrogen-bond donors (Lipinski definition) is 1. The maximum Gasteiger partial charge on any atom is 0.257 e. The zero-order valence-corrected chi connectivity index (χ0v) is 16.5. The second-order valence-electron chi connectivity index (χ2n) is 7.15. The molecule has 0 amide bonds. The fourth-order valence-corrected chi connectivity index (χ4v) is 3.60. The van der Waals surface area contributed by atoms with E-state index in [4.69, 9.17) is 4.74 Å². The average molecular weight is 379 g/mol. The van der Waals surface area contributed by atoms with Crippen molar-refractivity contribution in [1.29, 1.82) is 0 Å². The van der Waals surface area contributed by atoms with Gasteiger partial charge in [0, 0.05) is 18.2 Å². The molecule has 1 atom stereocenters. The van der Waals surface area contributed by atoms with Gasteiger partial charge in [-0.2, -0.15) is 0 Å². The Morgan fingerprint density at radius 2 is 2.07 bits per heavy atom. The molecule has 2 aromatic rings. The van der Waals surface area contributed by atoms with Gasteiger partial charge in [-0.1, -0.05) is 37.8 Å². The lowest BCUT2D eigenvalue weighted by Crippen LogP contribution is -2.34. The number of aromatic nitrogens is 1. The first-order valence-electron chi connectivity index (χ1n) is 9.27. The molecule has 0 saturated heterocycles. The van der Waals surface area contributed by atoms with Crippen LogP contribution < -0.4 is 5.56 Å².